The molecule has 12 heavy (non-hydrogen) atoms. The topological polar surface area (TPSA) is 55.4 Å². The lowest BCUT2D eigenvalue weighted by molar-refractivity contribution is -0.116. The molecule has 68 valence electrons. The lowest BCUT2D eigenvalue weighted by atomic mass is 10.1. The first-order valence-corrected chi connectivity index (χ1v) is 4.83. The van der Waals surface area contributed by atoms with Gasteiger partial charge in [0.2, 0.25) is 0 Å². The Kier molecular flexibility index (Phi) is 2.86. The van der Waals surface area contributed by atoms with E-state index in [4.69, 9.17) is 4.18 Å². The smallest absolute Gasteiger partial charge is 0.318 e. The van der Waals surface area contributed by atoms with Gasteiger partial charge in [0.25, 0.3) is 5.91 Å². The van der Waals surface area contributed by atoms with E-state index in [1.54, 1.807) is 6.92 Å². The van der Waals surface area contributed by atoms with Crippen LogP contribution in [0.25, 0.3) is 0 Å². The molecule has 1 aliphatic heterocycles. The molecule has 0 bridgehead atoms. The fourth-order valence-corrected chi connectivity index (χ4v) is 1.67. The van der Waals surface area contributed by atoms with Crippen LogP contribution in [-0.2, 0) is 20.2 Å². The molecule has 1 aliphatic rings. The Morgan fingerprint density at radius 3 is 2.75 bits per heavy atom. The minimum absolute atomic E-state index is 0.279. The molecule has 0 radical (unpaired) electrons. The van der Waals surface area contributed by atoms with Gasteiger partial charge in [-0.3, -0.25) is 4.79 Å². The third-order valence-electron chi connectivity index (χ3n) is 1.58. The quantitative estimate of drug-likeness (QED) is 0.698. The SMILES string of the molecule is CCCC1=C(C)OS(=O)NC1=O. The second kappa shape index (κ2) is 3.71. The molecule has 0 fully saturated rings. The Morgan fingerprint density at radius 2 is 2.25 bits per heavy atom. The molecule has 0 aromatic rings. The highest BCUT2D eigenvalue weighted by Crippen LogP contribution is 2.17. The molecular formula is C7H11NO3S. The summed E-state index contributed by atoms with van der Waals surface area (Å²) < 4.78 is 17.8. The molecule has 0 aliphatic carbocycles. The van der Waals surface area contributed by atoms with Gasteiger partial charge in [-0.25, -0.2) is 4.72 Å². The fraction of sp³-hybridized carbons (Fsp3) is 0.571. The molecule has 1 atom stereocenters. The zero-order valence-electron chi connectivity index (χ0n) is 7.05. The fourth-order valence-electron chi connectivity index (χ4n) is 1.02. The third kappa shape index (κ3) is 1.85. The number of allylic oxidation sites excluding steroid dienone is 1. The molecule has 1 amide bonds. The summed E-state index contributed by atoms with van der Waals surface area (Å²) in [6.45, 7) is 3.63. The first kappa shape index (κ1) is 9.25. The van der Waals surface area contributed by atoms with Gasteiger partial charge in [-0.2, -0.15) is 4.21 Å². The van der Waals surface area contributed by atoms with Crippen molar-refractivity contribution in [2.45, 2.75) is 26.7 Å². The number of hydrogen-bond donors (Lipinski definition) is 1. The Bertz CT molecular complexity index is 259. The van der Waals surface area contributed by atoms with Gasteiger partial charge in [0.15, 0.2) is 0 Å². The van der Waals surface area contributed by atoms with Crippen LogP contribution in [-0.4, -0.2) is 10.1 Å². The van der Waals surface area contributed by atoms with Crippen LogP contribution in [0.5, 0.6) is 0 Å². The van der Waals surface area contributed by atoms with Crippen molar-refractivity contribution in [3.63, 3.8) is 0 Å². The highest BCUT2D eigenvalue weighted by atomic mass is 32.2. The summed E-state index contributed by atoms with van der Waals surface area (Å²) in [4.78, 5) is 11.2. The van der Waals surface area contributed by atoms with Gasteiger partial charge < -0.3 is 4.18 Å². The second-order valence-electron chi connectivity index (χ2n) is 2.53. The van der Waals surface area contributed by atoms with Crippen LogP contribution in [0, 0.1) is 0 Å². The van der Waals surface area contributed by atoms with Crippen molar-refractivity contribution in [1.82, 2.24) is 4.72 Å². The number of hydrogen-bond acceptors (Lipinski definition) is 3. The number of carbonyl (C=O) groups excluding carboxylic acids is 1. The maximum absolute atomic E-state index is 11.2. The van der Waals surface area contributed by atoms with Gasteiger partial charge in [-0.05, 0) is 13.3 Å². The zero-order valence-corrected chi connectivity index (χ0v) is 7.86. The highest BCUT2D eigenvalue weighted by molar-refractivity contribution is 7.79. The van der Waals surface area contributed by atoms with E-state index >= 15 is 0 Å². The van der Waals surface area contributed by atoms with Crippen LogP contribution in [0.4, 0.5) is 0 Å². The monoisotopic (exact) mass is 189 g/mol. The summed E-state index contributed by atoms with van der Waals surface area (Å²) in [6, 6.07) is 0. The molecular weight excluding hydrogens is 178 g/mol. The molecule has 4 nitrogen and oxygen atoms in total. The lowest BCUT2D eigenvalue weighted by Gasteiger charge is -2.16. The predicted octanol–water partition coefficient (Wildman–Crippen LogP) is 0.786. The highest BCUT2D eigenvalue weighted by Gasteiger charge is 2.22. The molecule has 5 heteroatoms. The van der Waals surface area contributed by atoms with Crippen molar-refractivity contribution in [3.05, 3.63) is 11.3 Å². The Morgan fingerprint density at radius 1 is 1.58 bits per heavy atom. The van der Waals surface area contributed by atoms with E-state index in [1.165, 1.54) is 0 Å². The van der Waals surface area contributed by atoms with Crippen LogP contribution < -0.4 is 4.72 Å². The van der Waals surface area contributed by atoms with Gasteiger partial charge in [-0.1, -0.05) is 13.3 Å². The first-order valence-electron chi connectivity index (χ1n) is 3.76. The van der Waals surface area contributed by atoms with Crippen molar-refractivity contribution in [3.8, 4) is 0 Å². The Labute approximate surface area is 73.8 Å². The molecule has 1 rings (SSSR count). The average molecular weight is 189 g/mol. The van der Waals surface area contributed by atoms with E-state index < -0.39 is 11.3 Å². The third-order valence-corrected chi connectivity index (χ3v) is 2.33. The van der Waals surface area contributed by atoms with Crippen LogP contribution >= 0.6 is 0 Å². The van der Waals surface area contributed by atoms with Crippen molar-refractivity contribution < 1.29 is 13.2 Å². The van der Waals surface area contributed by atoms with Gasteiger partial charge in [0.1, 0.15) is 5.76 Å². The summed E-state index contributed by atoms with van der Waals surface area (Å²) in [5, 5.41) is 0. The van der Waals surface area contributed by atoms with E-state index in [0.29, 0.717) is 17.8 Å². The molecule has 1 heterocycles. The maximum atomic E-state index is 11.2. The number of nitrogens with one attached hydrogen (secondary N) is 1. The van der Waals surface area contributed by atoms with Crippen molar-refractivity contribution in [2.24, 2.45) is 0 Å². The van der Waals surface area contributed by atoms with E-state index in [0.717, 1.165) is 6.42 Å². The molecule has 0 aromatic heterocycles. The Hall–Kier alpha value is -0.840. The van der Waals surface area contributed by atoms with E-state index in [1.807, 2.05) is 6.92 Å². The van der Waals surface area contributed by atoms with Gasteiger partial charge in [-0.15, -0.1) is 0 Å². The number of carbonyl (C=O) groups is 1. The largest absolute Gasteiger partial charge is 0.389 e. The summed E-state index contributed by atoms with van der Waals surface area (Å²) in [7, 11) is 0. The summed E-state index contributed by atoms with van der Waals surface area (Å²) in [5.41, 5.74) is 0.595. The molecule has 0 aromatic carbocycles. The van der Waals surface area contributed by atoms with E-state index in [-0.39, 0.29) is 5.91 Å². The van der Waals surface area contributed by atoms with Gasteiger partial charge >= 0.3 is 11.3 Å². The second-order valence-corrected chi connectivity index (χ2v) is 3.37. The minimum atomic E-state index is -1.68. The molecule has 1 N–H and O–H groups in total. The van der Waals surface area contributed by atoms with Crippen LogP contribution in [0.1, 0.15) is 26.7 Å². The van der Waals surface area contributed by atoms with E-state index in [2.05, 4.69) is 4.72 Å². The Balaban J connectivity index is 2.85. The van der Waals surface area contributed by atoms with Crippen molar-refractivity contribution >= 4 is 17.2 Å². The van der Waals surface area contributed by atoms with Gasteiger partial charge in [0, 0.05) is 0 Å². The summed E-state index contributed by atoms with van der Waals surface area (Å²) >= 11 is -1.68. The first-order chi connectivity index (χ1) is 5.65. The molecule has 0 saturated heterocycles. The van der Waals surface area contributed by atoms with Crippen molar-refractivity contribution in [1.29, 1.82) is 0 Å². The van der Waals surface area contributed by atoms with E-state index in [9.17, 15) is 9.00 Å². The summed E-state index contributed by atoms with van der Waals surface area (Å²) in [5.74, 6) is 0.192. The molecule has 0 saturated carbocycles. The van der Waals surface area contributed by atoms with Gasteiger partial charge in [0.05, 0.1) is 5.57 Å². The maximum Gasteiger partial charge on any atom is 0.318 e. The van der Waals surface area contributed by atoms with Crippen molar-refractivity contribution in [2.75, 3.05) is 0 Å². The minimum Gasteiger partial charge on any atom is -0.389 e. The normalized spacial score (nSPS) is 23.5. The van der Waals surface area contributed by atoms with Crippen LogP contribution in [0.3, 0.4) is 0 Å². The van der Waals surface area contributed by atoms with Crippen LogP contribution in [0.2, 0.25) is 0 Å². The molecule has 1 unspecified atom stereocenters. The number of amides is 1. The summed E-state index contributed by atoms with van der Waals surface area (Å²) in [6.07, 6.45) is 1.53. The lowest BCUT2D eigenvalue weighted by Crippen LogP contribution is -2.33. The molecule has 0 spiro atoms. The van der Waals surface area contributed by atoms with Crippen LogP contribution in [0.15, 0.2) is 11.3 Å². The standard InChI is InChI=1S/C7H11NO3S/c1-3-4-6-5(2)11-12(10)8-7(6)9/h3-4H2,1-2H3,(H,8,9). The number of rotatable bonds is 2. The average Bonchev–Trinajstić information content (AvgIpc) is 1.96. The predicted molar refractivity (Wildman–Crippen MR) is 45.0 cm³/mol. The zero-order chi connectivity index (χ0) is 9.14.